The summed E-state index contributed by atoms with van der Waals surface area (Å²) in [6, 6.07) is 19.6. The number of halogens is 2. The average molecular weight is 494 g/mol. The lowest BCUT2D eigenvalue weighted by Crippen LogP contribution is -2.37. The van der Waals surface area contributed by atoms with E-state index in [0.29, 0.717) is 54.2 Å². The van der Waals surface area contributed by atoms with E-state index >= 15 is 0 Å². The molecule has 0 amide bonds. The highest BCUT2D eigenvalue weighted by Gasteiger charge is 2.17. The average Bonchev–Trinajstić information content (AvgIpc) is 2.86. The van der Waals surface area contributed by atoms with Crippen molar-refractivity contribution in [2.45, 2.75) is 0 Å². The topological polar surface area (TPSA) is 87.6 Å². The molecule has 0 unspecified atom stereocenters. The predicted octanol–water partition coefficient (Wildman–Crippen LogP) is 5.36. The quantitative estimate of drug-likeness (QED) is 0.276. The van der Waals surface area contributed by atoms with E-state index in [1.165, 1.54) is 0 Å². The number of hydrazone groups is 1. The van der Waals surface area contributed by atoms with Gasteiger partial charge in [0.2, 0.25) is 17.8 Å². The summed E-state index contributed by atoms with van der Waals surface area (Å²) < 4.78 is 5.46. The number of anilines is 4. The largest absolute Gasteiger partial charge is 0.378 e. The molecule has 1 fully saturated rings. The highest BCUT2D eigenvalue weighted by atomic mass is 35.5. The van der Waals surface area contributed by atoms with Gasteiger partial charge in [-0.15, -0.1) is 0 Å². The van der Waals surface area contributed by atoms with Crippen LogP contribution in [0.3, 0.4) is 0 Å². The summed E-state index contributed by atoms with van der Waals surface area (Å²) in [4.78, 5) is 15.7. The van der Waals surface area contributed by atoms with E-state index in [-0.39, 0.29) is 0 Å². The van der Waals surface area contributed by atoms with Gasteiger partial charge in [-0.1, -0.05) is 59.6 Å². The van der Waals surface area contributed by atoms with E-state index in [1.807, 2.05) is 24.3 Å². The van der Waals surface area contributed by atoms with Crippen molar-refractivity contribution in [2.75, 3.05) is 41.9 Å². The fourth-order valence-electron chi connectivity index (χ4n) is 3.53. The second kappa shape index (κ2) is 10.2. The number of hydrogen-bond acceptors (Lipinski definition) is 8. The second-order valence-electron chi connectivity index (χ2n) is 7.61. The van der Waals surface area contributed by atoms with Crippen LogP contribution < -0.4 is 15.6 Å². The second-order valence-corrected chi connectivity index (χ2v) is 8.43. The maximum atomic E-state index is 6.08. The Bertz CT molecular complexity index is 1340. The van der Waals surface area contributed by atoms with Gasteiger partial charge in [0.05, 0.1) is 29.5 Å². The summed E-state index contributed by atoms with van der Waals surface area (Å²) >= 11 is 12.1. The normalized spacial score (nSPS) is 14.0. The molecular formula is C24H21Cl2N7O. The summed E-state index contributed by atoms with van der Waals surface area (Å²) in [5, 5.41) is 10.8. The Hall–Kier alpha value is -3.46. The molecule has 0 aliphatic carbocycles. The van der Waals surface area contributed by atoms with Crippen LogP contribution in [-0.4, -0.2) is 47.5 Å². The first kappa shape index (κ1) is 22.3. The van der Waals surface area contributed by atoms with Crippen LogP contribution in [0, 0.1) is 0 Å². The summed E-state index contributed by atoms with van der Waals surface area (Å²) in [5.41, 5.74) is 4.56. The molecule has 8 nitrogen and oxygen atoms in total. The van der Waals surface area contributed by atoms with Crippen molar-refractivity contribution in [3.63, 3.8) is 0 Å². The molecule has 4 aromatic rings. The van der Waals surface area contributed by atoms with Gasteiger partial charge >= 0.3 is 0 Å². The molecule has 172 valence electrons. The number of aromatic nitrogens is 3. The first-order valence-corrected chi connectivity index (χ1v) is 11.5. The van der Waals surface area contributed by atoms with E-state index in [4.69, 9.17) is 27.9 Å². The molecule has 0 atom stereocenters. The number of benzene rings is 3. The molecule has 0 saturated carbocycles. The maximum Gasteiger partial charge on any atom is 0.250 e. The minimum Gasteiger partial charge on any atom is -0.378 e. The Morgan fingerprint density at radius 3 is 2.47 bits per heavy atom. The lowest BCUT2D eigenvalue weighted by Gasteiger charge is -2.27. The first-order chi connectivity index (χ1) is 16.6. The standard InChI is InChI=1S/C24H21Cl2N7O/c25-20-8-5-16(13-21(20)26)15-27-32-23-29-22(30-24(31-23)33-9-11-34-12-10-33)28-19-7-6-17-3-1-2-4-18(17)14-19/h1-8,13-15H,9-12H2,(H2,28,29,30,31,32)/b27-15-. The summed E-state index contributed by atoms with van der Waals surface area (Å²) in [5.74, 6) is 1.28. The molecule has 1 aliphatic heterocycles. The predicted molar refractivity (Wildman–Crippen MR) is 138 cm³/mol. The third-order valence-corrected chi connectivity index (χ3v) is 5.98. The van der Waals surface area contributed by atoms with Gasteiger partial charge in [-0.3, -0.25) is 0 Å². The van der Waals surface area contributed by atoms with Crippen LogP contribution in [-0.2, 0) is 4.74 Å². The molecule has 3 aromatic carbocycles. The van der Waals surface area contributed by atoms with Crippen molar-refractivity contribution in [1.29, 1.82) is 0 Å². The van der Waals surface area contributed by atoms with Crippen molar-refractivity contribution in [3.8, 4) is 0 Å². The molecule has 2 heterocycles. The monoisotopic (exact) mass is 493 g/mol. The number of hydrogen-bond donors (Lipinski definition) is 2. The lowest BCUT2D eigenvalue weighted by molar-refractivity contribution is 0.122. The van der Waals surface area contributed by atoms with E-state index in [9.17, 15) is 0 Å². The van der Waals surface area contributed by atoms with Crippen LogP contribution in [0.5, 0.6) is 0 Å². The van der Waals surface area contributed by atoms with Crippen molar-refractivity contribution in [3.05, 3.63) is 76.3 Å². The minimum atomic E-state index is 0.316. The van der Waals surface area contributed by atoms with Gasteiger partial charge in [0.15, 0.2) is 0 Å². The zero-order valence-electron chi connectivity index (χ0n) is 18.1. The van der Waals surface area contributed by atoms with Crippen molar-refractivity contribution >= 4 is 63.7 Å². The van der Waals surface area contributed by atoms with Crippen LogP contribution in [0.4, 0.5) is 23.5 Å². The zero-order chi connectivity index (χ0) is 23.3. The minimum absolute atomic E-state index is 0.316. The number of nitrogens with zero attached hydrogens (tertiary/aromatic N) is 5. The SMILES string of the molecule is Clc1ccc(/C=N\Nc2nc(Nc3ccc4ccccc4c3)nc(N3CCOCC3)n2)cc1Cl. The summed E-state index contributed by atoms with van der Waals surface area (Å²) in [6.07, 6.45) is 1.62. The molecule has 1 aromatic heterocycles. The summed E-state index contributed by atoms with van der Waals surface area (Å²) in [6.45, 7) is 2.64. The Morgan fingerprint density at radius 1 is 0.853 bits per heavy atom. The fraction of sp³-hybridized carbons (Fsp3) is 0.167. The highest BCUT2D eigenvalue weighted by Crippen LogP contribution is 2.24. The molecule has 10 heteroatoms. The van der Waals surface area contributed by atoms with E-state index < -0.39 is 0 Å². The van der Waals surface area contributed by atoms with Crippen molar-refractivity contribution in [2.24, 2.45) is 5.10 Å². The zero-order valence-corrected chi connectivity index (χ0v) is 19.6. The molecular weight excluding hydrogens is 473 g/mol. The van der Waals surface area contributed by atoms with Crippen LogP contribution in [0.1, 0.15) is 5.56 Å². The molecule has 1 saturated heterocycles. The van der Waals surface area contributed by atoms with Crippen molar-refractivity contribution in [1.82, 2.24) is 15.0 Å². The van der Waals surface area contributed by atoms with Crippen LogP contribution >= 0.6 is 23.2 Å². The number of rotatable bonds is 6. The Balaban J connectivity index is 1.41. The molecule has 1 aliphatic rings. The van der Waals surface area contributed by atoms with Gasteiger partial charge in [0.1, 0.15) is 0 Å². The summed E-state index contributed by atoms with van der Waals surface area (Å²) in [7, 11) is 0. The van der Waals surface area contributed by atoms with Crippen LogP contribution in [0.25, 0.3) is 10.8 Å². The van der Waals surface area contributed by atoms with Gasteiger partial charge in [-0.05, 0) is 40.6 Å². The molecule has 5 rings (SSSR count). The Labute approximate surface area is 206 Å². The molecule has 0 bridgehead atoms. The third kappa shape index (κ3) is 5.36. The van der Waals surface area contributed by atoms with Crippen LogP contribution in [0.15, 0.2) is 65.8 Å². The number of nitrogens with one attached hydrogen (secondary N) is 2. The van der Waals surface area contributed by atoms with Crippen molar-refractivity contribution < 1.29 is 4.74 Å². The number of ether oxygens (including phenoxy) is 1. The lowest BCUT2D eigenvalue weighted by atomic mass is 10.1. The number of morpholine rings is 1. The Kier molecular flexibility index (Phi) is 6.71. The van der Waals surface area contributed by atoms with E-state index in [0.717, 1.165) is 22.0 Å². The van der Waals surface area contributed by atoms with E-state index in [2.05, 4.69) is 60.0 Å². The highest BCUT2D eigenvalue weighted by molar-refractivity contribution is 6.42. The molecule has 2 N–H and O–H groups in total. The van der Waals surface area contributed by atoms with E-state index in [1.54, 1.807) is 18.3 Å². The number of fused-ring (bicyclic) bond motifs is 1. The molecule has 34 heavy (non-hydrogen) atoms. The van der Waals surface area contributed by atoms with Gasteiger partial charge in [0.25, 0.3) is 0 Å². The van der Waals surface area contributed by atoms with Gasteiger partial charge < -0.3 is 15.0 Å². The fourth-order valence-corrected chi connectivity index (χ4v) is 3.84. The first-order valence-electron chi connectivity index (χ1n) is 10.7. The Morgan fingerprint density at radius 2 is 1.65 bits per heavy atom. The van der Waals surface area contributed by atoms with Crippen LogP contribution in [0.2, 0.25) is 10.0 Å². The molecule has 0 spiro atoms. The molecule has 0 radical (unpaired) electrons. The maximum absolute atomic E-state index is 6.08. The smallest absolute Gasteiger partial charge is 0.250 e. The third-order valence-electron chi connectivity index (χ3n) is 5.24. The van der Waals surface area contributed by atoms with Gasteiger partial charge in [-0.2, -0.15) is 20.1 Å². The van der Waals surface area contributed by atoms with Gasteiger partial charge in [0, 0.05) is 18.8 Å². The van der Waals surface area contributed by atoms with Gasteiger partial charge in [-0.25, -0.2) is 5.43 Å².